The number of amides is 1. The van der Waals surface area contributed by atoms with E-state index < -0.39 is 23.2 Å². The zero-order chi connectivity index (χ0) is 21.4. The summed E-state index contributed by atoms with van der Waals surface area (Å²) in [5.41, 5.74) is -0.754. The summed E-state index contributed by atoms with van der Waals surface area (Å²) in [5.74, 6) is -0.920. The van der Waals surface area contributed by atoms with E-state index in [1.807, 2.05) is 6.92 Å². The summed E-state index contributed by atoms with van der Waals surface area (Å²) < 4.78 is 15.6. The third kappa shape index (κ3) is 5.58. The van der Waals surface area contributed by atoms with Crippen LogP contribution in [-0.2, 0) is 9.53 Å². The van der Waals surface area contributed by atoms with Crippen LogP contribution in [0.2, 0.25) is 0 Å². The molecule has 0 heterocycles. The molecule has 1 saturated carbocycles. The number of ether oxygens (including phenoxy) is 3. The van der Waals surface area contributed by atoms with Gasteiger partial charge in [0.2, 0.25) is 0 Å². The van der Waals surface area contributed by atoms with E-state index in [2.05, 4.69) is 0 Å². The molecule has 0 aliphatic heterocycles. The van der Waals surface area contributed by atoms with Crippen LogP contribution in [0.1, 0.15) is 56.3 Å². The molecule has 1 aliphatic rings. The Morgan fingerprint density at radius 3 is 2.41 bits per heavy atom. The van der Waals surface area contributed by atoms with Gasteiger partial charge in [-0.1, -0.05) is 19.3 Å². The Balaban J connectivity index is 2.14. The summed E-state index contributed by atoms with van der Waals surface area (Å²) >= 11 is 0. The number of methoxy groups -OCH3 is 1. The molecule has 0 aromatic heterocycles. The first-order valence-electron chi connectivity index (χ1n) is 9.88. The molecule has 2 rings (SSSR count). The number of esters is 1. The van der Waals surface area contributed by atoms with E-state index >= 15 is 0 Å². The molecule has 1 aromatic carbocycles. The minimum Gasteiger partial charge on any atom is -0.493 e. The first-order chi connectivity index (χ1) is 13.9. The van der Waals surface area contributed by atoms with E-state index in [-0.39, 0.29) is 35.6 Å². The molecule has 29 heavy (non-hydrogen) atoms. The van der Waals surface area contributed by atoms with Gasteiger partial charge in [-0.2, -0.15) is 0 Å². The van der Waals surface area contributed by atoms with Gasteiger partial charge in [-0.25, -0.2) is 4.79 Å². The molecule has 1 amide bonds. The van der Waals surface area contributed by atoms with Crippen LogP contribution in [0.5, 0.6) is 11.5 Å². The second-order valence-corrected chi connectivity index (χ2v) is 6.76. The molecule has 0 bridgehead atoms. The number of nitrogens with zero attached hydrogens (tertiary/aromatic N) is 2. The van der Waals surface area contributed by atoms with Crippen LogP contribution in [0, 0.1) is 10.1 Å². The monoisotopic (exact) mass is 408 g/mol. The van der Waals surface area contributed by atoms with Crippen LogP contribution in [0.25, 0.3) is 0 Å². The van der Waals surface area contributed by atoms with E-state index in [0.29, 0.717) is 6.54 Å². The molecular formula is C20H28N2O7. The Morgan fingerprint density at radius 1 is 1.17 bits per heavy atom. The van der Waals surface area contributed by atoms with Crippen molar-refractivity contribution in [1.29, 1.82) is 0 Å². The zero-order valence-electron chi connectivity index (χ0n) is 17.1. The fourth-order valence-electron chi connectivity index (χ4n) is 3.61. The third-order valence-electron chi connectivity index (χ3n) is 5.00. The highest BCUT2D eigenvalue weighted by molar-refractivity contribution is 5.96. The smallest absolute Gasteiger partial charge is 0.345 e. The topological polar surface area (TPSA) is 108 Å². The standard InChI is InChI=1S/C20H28N2O7/c1-4-21(14-9-7-6-8-10-14)19(23)13-29-20(24)15-11-17(27-3)18(28-5-2)12-16(15)22(25)26/h11-12,14H,4-10,13H2,1-3H3. The van der Waals surface area contributed by atoms with E-state index in [1.54, 1.807) is 11.8 Å². The Kier molecular flexibility index (Phi) is 8.23. The van der Waals surface area contributed by atoms with Crippen molar-refractivity contribution < 1.29 is 28.7 Å². The zero-order valence-corrected chi connectivity index (χ0v) is 17.1. The number of carbonyl (C=O) groups is 2. The number of hydrogen-bond acceptors (Lipinski definition) is 7. The lowest BCUT2D eigenvalue weighted by Crippen LogP contribution is -2.43. The summed E-state index contributed by atoms with van der Waals surface area (Å²) in [6, 6.07) is 2.48. The highest BCUT2D eigenvalue weighted by Gasteiger charge is 2.28. The van der Waals surface area contributed by atoms with E-state index in [9.17, 15) is 19.7 Å². The van der Waals surface area contributed by atoms with Crippen LogP contribution < -0.4 is 9.47 Å². The van der Waals surface area contributed by atoms with Gasteiger partial charge in [-0.15, -0.1) is 0 Å². The van der Waals surface area contributed by atoms with Gasteiger partial charge in [0.25, 0.3) is 11.6 Å². The second-order valence-electron chi connectivity index (χ2n) is 6.76. The Morgan fingerprint density at radius 2 is 1.86 bits per heavy atom. The van der Waals surface area contributed by atoms with Crippen molar-refractivity contribution in [2.24, 2.45) is 0 Å². The number of likely N-dealkylation sites (N-methyl/N-ethyl adjacent to an activating group) is 1. The molecular weight excluding hydrogens is 380 g/mol. The lowest BCUT2D eigenvalue weighted by molar-refractivity contribution is -0.385. The third-order valence-corrected chi connectivity index (χ3v) is 5.00. The van der Waals surface area contributed by atoms with Crippen molar-refractivity contribution in [2.45, 2.75) is 52.0 Å². The minimum absolute atomic E-state index is 0.153. The molecule has 1 aliphatic carbocycles. The van der Waals surface area contributed by atoms with Gasteiger partial charge in [0, 0.05) is 18.7 Å². The van der Waals surface area contributed by atoms with Gasteiger partial charge >= 0.3 is 5.97 Å². The number of nitro groups is 1. The maximum Gasteiger partial charge on any atom is 0.345 e. The van der Waals surface area contributed by atoms with Crippen LogP contribution in [-0.4, -0.2) is 54.6 Å². The maximum atomic E-state index is 12.6. The van der Waals surface area contributed by atoms with Crippen molar-refractivity contribution in [3.63, 3.8) is 0 Å². The normalized spacial score (nSPS) is 14.2. The summed E-state index contributed by atoms with van der Waals surface area (Å²) in [4.78, 5) is 37.5. The van der Waals surface area contributed by atoms with Gasteiger partial charge in [-0.05, 0) is 26.7 Å². The number of nitro benzene ring substituents is 1. The number of hydrogen-bond donors (Lipinski definition) is 0. The summed E-state index contributed by atoms with van der Waals surface area (Å²) in [6.07, 6.45) is 5.20. The quantitative estimate of drug-likeness (QED) is 0.350. The van der Waals surface area contributed by atoms with Gasteiger partial charge in [-0.3, -0.25) is 14.9 Å². The molecule has 0 N–H and O–H groups in total. The van der Waals surface area contributed by atoms with Crippen molar-refractivity contribution in [3.8, 4) is 11.5 Å². The number of carbonyl (C=O) groups excluding carboxylic acids is 2. The average Bonchev–Trinajstić information content (AvgIpc) is 2.73. The molecule has 0 unspecified atom stereocenters. The molecule has 0 atom stereocenters. The fourth-order valence-corrected chi connectivity index (χ4v) is 3.61. The van der Waals surface area contributed by atoms with Gasteiger partial charge in [0.1, 0.15) is 5.56 Å². The van der Waals surface area contributed by atoms with Crippen molar-refractivity contribution in [2.75, 3.05) is 26.9 Å². The Hall–Kier alpha value is -2.84. The average molecular weight is 408 g/mol. The molecule has 0 spiro atoms. The van der Waals surface area contributed by atoms with E-state index in [4.69, 9.17) is 14.2 Å². The molecule has 9 nitrogen and oxygen atoms in total. The predicted octanol–water partition coefficient (Wildman–Crippen LogP) is 3.34. The molecule has 1 aromatic rings. The van der Waals surface area contributed by atoms with Crippen molar-refractivity contribution >= 4 is 17.6 Å². The fraction of sp³-hybridized carbons (Fsp3) is 0.600. The van der Waals surface area contributed by atoms with Crippen LogP contribution in [0.15, 0.2) is 12.1 Å². The lowest BCUT2D eigenvalue weighted by atomic mass is 9.94. The SMILES string of the molecule is CCOc1cc([N+](=O)[O-])c(C(=O)OCC(=O)N(CC)C2CCCCC2)cc1OC. The highest BCUT2D eigenvalue weighted by Crippen LogP contribution is 2.35. The molecule has 0 radical (unpaired) electrons. The molecule has 0 saturated heterocycles. The van der Waals surface area contributed by atoms with Crippen LogP contribution in [0.3, 0.4) is 0 Å². The lowest BCUT2D eigenvalue weighted by Gasteiger charge is -2.33. The molecule has 1 fully saturated rings. The Labute approximate surface area is 170 Å². The first-order valence-corrected chi connectivity index (χ1v) is 9.88. The van der Waals surface area contributed by atoms with Crippen LogP contribution in [0.4, 0.5) is 5.69 Å². The summed E-state index contributed by atoms with van der Waals surface area (Å²) in [7, 11) is 1.37. The van der Waals surface area contributed by atoms with E-state index in [1.165, 1.54) is 19.6 Å². The minimum atomic E-state index is -0.953. The largest absolute Gasteiger partial charge is 0.493 e. The highest BCUT2D eigenvalue weighted by atomic mass is 16.6. The second kappa shape index (κ2) is 10.6. The van der Waals surface area contributed by atoms with Gasteiger partial charge in [0.15, 0.2) is 18.1 Å². The van der Waals surface area contributed by atoms with Crippen molar-refractivity contribution in [1.82, 2.24) is 4.90 Å². The van der Waals surface area contributed by atoms with Gasteiger partial charge in [0.05, 0.1) is 24.7 Å². The Bertz CT molecular complexity index is 745. The summed E-state index contributed by atoms with van der Waals surface area (Å²) in [5, 5.41) is 11.4. The number of benzene rings is 1. The van der Waals surface area contributed by atoms with Crippen molar-refractivity contribution in [3.05, 3.63) is 27.8 Å². The molecule has 9 heteroatoms. The van der Waals surface area contributed by atoms with Crippen LogP contribution >= 0.6 is 0 Å². The summed E-state index contributed by atoms with van der Waals surface area (Å²) in [6.45, 7) is 3.95. The maximum absolute atomic E-state index is 12.6. The van der Waals surface area contributed by atoms with E-state index in [0.717, 1.165) is 31.7 Å². The predicted molar refractivity (Wildman–Crippen MR) is 105 cm³/mol. The first kappa shape index (κ1) is 22.4. The van der Waals surface area contributed by atoms with Gasteiger partial charge < -0.3 is 19.1 Å². The number of rotatable bonds is 9. The molecule has 160 valence electrons.